The summed E-state index contributed by atoms with van der Waals surface area (Å²) in [6, 6.07) is 6.31. The molecular formula is C15H24N2O2. The number of hydrogen-bond donors (Lipinski definition) is 2. The first-order valence-electron chi connectivity index (χ1n) is 6.90. The fraction of sp³-hybridized carbons (Fsp3) is 0.533. The summed E-state index contributed by atoms with van der Waals surface area (Å²) in [6.07, 6.45) is 2.39. The van der Waals surface area contributed by atoms with Gasteiger partial charge in [-0.25, -0.2) is 0 Å². The Balaban J connectivity index is 2.62. The Morgan fingerprint density at radius 2 is 1.74 bits per heavy atom. The van der Waals surface area contributed by atoms with Crippen LogP contribution in [0.25, 0.3) is 0 Å². The van der Waals surface area contributed by atoms with E-state index in [0.717, 1.165) is 31.5 Å². The largest absolute Gasteiger partial charge is 0.508 e. The van der Waals surface area contributed by atoms with E-state index in [0.29, 0.717) is 6.42 Å². The quantitative estimate of drug-likeness (QED) is 0.790. The molecule has 4 heteroatoms. The second-order valence-electron chi connectivity index (χ2n) is 4.80. The highest BCUT2D eigenvalue weighted by Crippen LogP contribution is 2.11. The number of nitrogens with zero attached hydrogens (tertiary/aromatic N) is 1. The maximum Gasteiger partial charge on any atom is 0.239 e. The van der Waals surface area contributed by atoms with E-state index in [1.807, 2.05) is 4.90 Å². The van der Waals surface area contributed by atoms with Crippen molar-refractivity contribution in [1.82, 2.24) is 4.90 Å². The number of phenolic OH excluding ortho intramolecular Hbond substituents is 1. The van der Waals surface area contributed by atoms with Crippen molar-refractivity contribution in [3.63, 3.8) is 0 Å². The fourth-order valence-electron chi connectivity index (χ4n) is 2.08. The van der Waals surface area contributed by atoms with E-state index < -0.39 is 6.04 Å². The Kier molecular flexibility index (Phi) is 6.36. The molecule has 1 atom stereocenters. The molecule has 3 N–H and O–H groups in total. The van der Waals surface area contributed by atoms with Crippen LogP contribution in [-0.2, 0) is 11.2 Å². The lowest BCUT2D eigenvalue weighted by molar-refractivity contribution is -0.132. The van der Waals surface area contributed by atoms with Crippen molar-refractivity contribution in [1.29, 1.82) is 0 Å². The summed E-state index contributed by atoms with van der Waals surface area (Å²) in [7, 11) is 0. The number of aromatic hydroxyl groups is 1. The molecule has 0 radical (unpaired) electrons. The van der Waals surface area contributed by atoms with Gasteiger partial charge < -0.3 is 15.7 Å². The number of benzene rings is 1. The van der Waals surface area contributed by atoms with Crippen molar-refractivity contribution in [2.45, 2.75) is 39.2 Å². The zero-order valence-corrected chi connectivity index (χ0v) is 11.8. The van der Waals surface area contributed by atoms with E-state index in [9.17, 15) is 9.90 Å². The van der Waals surface area contributed by atoms with E-state index in [-0.39, 0.29) is 11.7 Å². The minimum atomic E-state index is -0.511. The van der Waals surface area contributed by atoms with Crippen molar-refractivity contribution >= 4 is 5.91 Å². The summed E-state index contributed by atoms with van der Waals surface area (Å²) in [5.41, 5.74) is 6.96. The highest BCUT2D eigenvalue weighted by molar-refractivity contribution is 5.82. The zero-order chi connectivity index (χ0) is 14.3. The topological polar surface area (TPSA) is 66.6 Å². The van der Waals surface area contributed by atoms with Crippen LogP contribution >= 0.6 is 0 Å². The van der Waals surface area contributed by atoms with E-state index in [1.165, 1.54) is 0 Å². The number of carbonyl (C=O) groups excluding carboxylic acids is 1. The van der Waals surface area contributed by atoms with Gasteiger partial charge in [0.15, 0.2) is 0 Å². The summed E-state index contributed by atoms with van der Waals surface area (Å²) >= 11 is 0. The smallest absolute Gasteiger partial charge is 0.239 e. The molecule has 0 fully saturated rings. The van der Waals surface area contributed by atoms with Crippen molar-refractivity contribution in [2.24, 2.45) is 5.73 Å². The predicted octanol–water partition coefficient (Wildman–Crippen LogP) is 1.91. The number of nitrogens with two attached hydrogens (primary N) is 1. The van der Waals surface area contributed by atoms with Crippen molar-refractivity contribution < 1.29 is 9.90 Å². The van der Waals surface area contributed by atoms with Gasteiger partial charge >= 0.3 is 0 Å². The molecule has 4 nitrogen and oxygen atoms in total. The molecule has 1 aromatic carbocycles. The molecule has 0 unspecified atom stereocenters. The van der Waals surface area contributed by atoms with Crippen molar-refractivity contribution in [2.75, 3.05) is 13.1 Å². The van der Waals surface area contributed by atoms with Gasteiger partial charge in [0.1, 0.15) is 5.75 Å². The molecule has 0 aromatic heterocycles. The number of amides is 1. The molecule has 106 valence electrons. The lowest BCUT2D eigenvalue weighted by Gasteiger charge is -2.25. The predicted molar refractivity (Wildman–Crippen MR) is 76.9 cm³/mol. The van der Waals surface area contributed by atoms with Crippen LogP contribution in [0.15, 0.2) is 24.3 Å². The van der Waals surface area contributed by atoms with Gasteiger partial charge in [-0.15, -0.1) is 0 Å². The van der Waals surface area contributed by atoms with Crippen molar-refractivity contribution in [3.05, 3.63) is 29.8 Å². The maximum atomic E-state index is 12.2. The van der Waals surface area contributed by atoms with Crippen LogP contribution in [-0.4, -0.2) is 35.0 Å². The second-order valence-corrected chi connectivity index (χ2v) is 4.80. The Bertz CT molecular complexity index is 384. The molecule has 0 aliphatic carbocycles. The molecule has 0 saturated carbocycles. The standard InChI is InChI=1S/C15H24N2O2/c1-3-9-17(10-4-2)15(19)14(16)11-12-5-7-13(18)8-6-12/h5-8,14,18H,3-4,9-11,16H2,1-2H3/t14-/m0/s1. The fourth-order valence-corrected chi connectivity index (χ4v) is 2.08. The Labute approximate surface area is 115 Å². The molecule has 0 bridgehead atoms. The molecule has 0 heterocycles. The average Bonchev–Trinajstić information content (AvgIpc) is 2.40. The van der Waals surface area contributed by atoms with Crippen LogP contribution in [0.4, 0.5) is 0 Å². The molecule has 1 rings (SSSR count). The maximum absolute atomic E-state index is 12.2. The summed E-state index contributed by atoms with van der Waals surface area (Å²) in [4.78, 5) is 14.1. The van der Waals surface area contributed by atoms with Gasteiger partial charge in [-0.05, 0) is 37.0 Å². The van der Waals surface area contributed by atoms with Crippen LogP contribution in [0.2, 0.25) is 0 Å². The van der Waals surface area contributed by atoms with Gasteiger partial charge in [0, 0.05) is 13.1 Å². The van der Waals surface area contributed by atoms with Crippen molar-refractivity contribution in [3.8, 4) is 5.75 Å². The number of carbonyl (C=O) groups is 1. The van der Waals surface area contributed by atoms with Crippen LogP contribution in [0.1, 0.15) is 32.3 Å². The normalized spacial score (nSPS) is 12.2. The summed E-state index contributed by atoms with van der Waals surface area (Å²) in [5.74, 6) is 0.235. The summed E-state index contributed by atoms with van der Waals surface area (Å²) in [6.45, 7) is 5.63. The molecule has 0 spiro atoms. The van der Waals surface area contributed by atoms with E-state index in [2.05, 4.69) is 13.8 Å². The van der Waals surface area contributed by atoms with Crippen LogP contribution in [0, 0.1) is 0 Å². The lowest BCUT2D eigenvalue weighted by atomic mass is 10.1. The van der Waals surface area contributed by atoms with Gasteiger partial charge in [-0.2, -0.15) is 0 Å². The first-order chi connectivity index (χ1) is 9.08. The third-order valence-corrected chi connectivity index (χ3v) is 3.01. The van der Waals surface area contributed by atoms with E-state index >= 15 is 0 Å². The lowest BCUT2D eigenvalue weighted by Crippen LogP contribution is -2.45. The third kappa shape index (κ3) is 4.91. The van der Waals surface area contributed by atoms with E-state index in [4.69, 9.17) is 5.73 Å². The Hall–Kier alpha value is -1.55. The van der Waals surface area contributed by atoms with Gasteiger partial charge in [-0.1, -0.05) is 26.0 Å². The van der Waals surface area contributed by atoms with Crippen LogP contribution in [0.3, 0.4) is 0 Å². The highest BCUT2D eigenvalue weighted by atomic mass is 16.3. The Morgan fingerprint density at radius 3 is 2.21 bits per heavy atom. The van der Waals surface area contributed by atoms with Gasteiger partial charge in [0.25, 0.3) is 0 Å². The summed E-state index contributed by atoms with van der Waals surface area (Å²) < 4.78 is 0. The minimum Gasteiger partial charge on any atom is -0.508 e. The van der Waals surface area contributed by atoms with Gasteiger partial charge in [-0.3, -0.25) is 4.79 Å². The number of hydrogen-bond acceptors (Lipinski definition) is 3. The molecule has 1 aromatic rings. The highest BCUT2D eigenvalue weighted by Gasteiger charge is 2.20. The third-order valence-electron chi connectivity index (χ3n) is 3.01. The van der Waals surface area contributed by atoms with Crippen LogP contribution < -0.4 is 5.73 Å². The molecule has 19 heavy (non-hydrogen) atoms. The zero-order valence-electron chi connectivity index (χ0n) is 11.8. The van der Waals surface area contributed by atoms with Gasteiger partial charge in [0.05, 0.1) is 6.04 Å². The number of phenols is 1. The minimum absolute atomic E-state index is 0.0109. The molecule has 0 saturated heterocycles. The SMILES string of the molecule is CCCN(CCC)C(=O)[C@@H](N)Cc1ccc(O)cc1. The second kappa shape index (κ2) is 7.79. The van der Waals surface area contributed by atoms with Crippen LogP contribution in [0.5, 0.6) is 5.75 Å². The van der Waals surface area contributed by atoms with Gasteiger partial charge in [0.2, 0.25) is 5.91 Å². The molecule has 0 aliphatic heterocycles. The molecule has 1 amide bonds. The first kappa shape index (κ1) is 15.5. The monoisotopic (exact) mass is 264 g/mol. The summed E-state index contributed by atoms with van der Waals surface area (Å²) in [5, 5.41) is 9.22. The molecule has 0 aliphatic rings. The van der Waals surface area contributed by atoms with E-state index in [1.54, 1.807) is 24.3 Å². The number of rotatable bonds is 7. The Morgan fingerprint density at radius 1 is 1.21 bits per heavy atom. The molecular weight excluding hydrogens is 240 g/mol. The first-order valence-corrected chi connectivity index (χ1v) is 6.90. The average molecular weight is 264 g/mol.